The number of aryl methyl sites for hydroxylation is 1. The molecule has 1 aliphatic rings. The van der Waals surface area contributed by atoms with Crippen molar-refractivity contribution in [2.24, 2.45) is 0 Å². The van der Waals surface area contributed by atoms with Crippen molar-refractivity contribution in [1.82, 2.24) is 15.3 Å². The molecule has 29 heavy (non-hydrogen) atoms. The lowest BCUT2D eigenvalue weighted by Crippen LogP contribution is -2.24. The van der Waals surface area contributed by atoms with Gasteiger partial charge in [-0.25, -0.2) is 9.97 Å². The van der Waals surface area contributed by atoms with E-state index < -0.39 is 0 Å². The molecule has 3 rings (SSSR count). The summed E-state index contributed by atoms with van der Waals surface area (Å²) in [5.41, 5.74) is 2.09. The number of carbonyl (C=O) groups excluding carboxylic acids is 2. The molecule has 1 aromatic carbocycles. The molecule has 1 saturated carbocycles. The normalized spacial score (nSPS) is 13.1. The van der Waals surface area contributed by atoms with Crippen molar-refractivity contribution in [3.8, 4) is 11.5 Å². The fraction of sp³-hybridized carbons (Fsp3) is 0.429. The number of carbonyl (C=O) groups is 2. The summed E-state index contributed by atoms with van der Waals surface area (Å²) in [6.45, 7) is 3.70. The number of nitrogens with one attached hydrogen (secondary N) is 1. The molecule has 7 nitrogen and oxygen atoms in total. The van der Waals surface area contributed by atoms with Gasteiger partial charge in [-0.3, -0.25) is 9.59 Å². The summed E-state index contributed by atoms with van der Waals surface area (Å²) >= 11 is 1.28. The summed E-state index contributed by atoms with van der Waals surface area (Å²) in [6, 6.07) is 5.51. The van der Waals surface area contributed by atoms with E-state index in [9.17, 15) is 9.59 Å². The Hall–Kier alpha value is -2.61. The van der Waals surface area contributed by atoms with Crippen LogP contribution in [0.2, 0.25) is 0 Å². The fourth-order valence-corrected chi connectivity index (χ4v) is 3.94. The highest BCUT2D eigenvalue weighted by atomic mass is 32.2. The molecule has 0 bridgehead atoms. The first-order valence-electron chi connectivity index (χ1n) is 9.42. The minimum absolute atomic E-state index is 0.0851. The Morgan fingerprint density at radius 2 is 1.90 bits per heavy atom. The lowest BCUT2D eigenvalue weighted by Gasteiger charge is -2.12. The fourth-order valence-electron chi connectivity index (χ4n) is 2.98. The van der Waals surface area contributed by atoms with Crippen LogP contribution in [0.5, 0.6) is 11.5 Å². The molecular weight excluding hydrogens is 390 g/mol. The molecule has 0 radical (unpaired) electrons. The van der Waals surface area contributed by atoms with Crippen molar-refractivity contribution in [3.05, 3.63) is 40.8 Å². The number of thioether (sulfide) groups is 1. The van der Waals surface area contributed by atoms with E-state index in [-0.39, 0.29) is 17.4 Å². The van der Waals surface area contributed by atoms with Crippen LogP contribution in [0.15, 0.2) is 23.2 Å². The van der Waals surface area contributed by atoms with E-state index in [1.165, 1.54) is 18.7 Å². The first kappa shape index (κ1) is 21.1. The molecule has 0 saturated heterocycles. The van der Waals surface area contributed by atoms with Gasteiger partial charge in [0.2, 0.25) is 5.91 Å². The van der Waals surface area contributed by atoms with Crippen LogP contribution in [0.3, 0.4) is 0 Å². The number of benzene rings is 1. The maximum atomic E-state index is 12.3. The summed E-state index contributed by atoms with van der Waals surface area (Å²) in [5.74, 6) is 2.37. The predicted molar refractivity (Wildman–Crippen MR) is 111 cm³/mol. The zero-order valence-electron chi connectivity index (χ0n) is 17.1. The number of ketones is 1. The first-order chi connectivity index (χ1) is 13.9. The molecular formula is C21H25N3O4S. The highest BCUT2D eigenvalue weighted by molar-refractivity contribution is 8.00. The topological polar surface area (TPSA) is 90.4 Å². The van der Waals surface area contributed by atoms with Gasteiger partial charge in [0.05, 0.1) is 31.2 Å². The monoisotopic (exact) mass is 415 g/mol. The van der Waals surface area contributed by atoms with Crippen LogP contribution in [0.1, 0.15) is 53.1 Å². The predicted octanol–water partition coefficient (Wildman–Crippen LogP) is 3.29. The molecule has 2 aromatic rings. The molecule has 0 spiro atoms. The minimum atomic E-state index is -0.136. The highest BCUT2D eigenvalue weighted by Gasteiger charge is 2.29. The molecule has 1 aliphatic carbocycles. The van der Waals surface area contributed by atoms with E-state index in [0.717, 1.165) is 24.2 Å². The molecule has 1 amide bonds. The van der Waals surface area contributed by atoms with E-state index >= 15 is 0 Å². The number of ether oxygens (including phenoxy) is 2. The average molecular weight is 416 g/mol. The van der Waals surface area contributed by atoms with E-state index in [1.807, 2.05) is 19.1 Å². The molecule has 1 fully saturated rings. The Morgan fingerprint density at radius 1 is 1.17 bits per heavy atom. The maximum absolute atomic E-state index is 12.3. The van der Waals surface area contributed by atoms with Gasteiger partial charge < -0.3 is 14.8 Å². The van der Waals surface area contributed by atoms with Crippen molar-refractivity contribution in [1.29, 1.82) is 0 Å². The van der Waals surface area contributed by atoms with Crippen LogP contribution in [-0.4, -0.2) is 41.6 Å². The number of rotatable bonds is 9. The molecule has 0 atom stereocenters. The van der Waals surface area contributed by atoms with Gasteiger partial charge in [0.1, 0.15) is 10.9 Å². The number of hydrogen-bond donors (Lipinski definition) is 1. The van der Waals surface area contributed by atoms with Gasteiger partial charge in [-0.2, -0.15) is 0 Å². The van der Waals surface area contributed by atoms with Crippen LogP contribution in [0.4, 0.5) is 0 Å². The number of methoxy groups -OCH3 is 2. The highest BCUT2D eigenvalue weighted by Crippen LogP contribution is 2.39. The molecule has 1 heterocycles. The van der Waals surface area contributed by atoms with Crippen LogP contribution < -0.4 is 14.8 Å². The van der Waals surface area contributed by atoms with Crippen molar-refractivity contribution >= 4 is 23.5 Å². The maximum Gasteiger partial charge on any atom is 0.230 e. The van der Waals surface area contributed by atoms with Crippen molar-refractivity contribution in [2.75, 3.05) is 20.0 Å². The molecule has 1 N–H and O–H groups in total. The number of aromatic nitrogens is 2. The quantitative estimate of drug-likeness (QED) is 0.382. The van der Waals surface area contributed by atoms with Gasteiger partial charge in [-0.15, -0.1) is 0 Å². The van der Waals surface area contributed by atoms with Crippen molar-refractivity contribution < 1.29 is 19.1 Å². The van der Waals surface area contributed by atoms with Crippen LogP contribution in [0.25, 0.3) is 0 Å². The Kier molecular flexibility index (Phi) is 6.74. The van der Waals surface area contributed by atoms with Gasteiger partial charge in [0.15, 0.2) is 17.3 Å². The largest absolute Gasteiger partial charge is 0.493 e. The number of nitrogens with zero attached hydrogens (tertiary/aromatic N) is 2. The van der Waals surface area contributed by atoms with Crippen LogP contribution in [-0.2, 0) is 11.3 Å². The summed E-state index contributed by atoms with van der Waals surface area (Å²) in [6.07, 6.45) is 2.16. The van der Waals surface area contributed by atoms with E-state index in [0.29, 0.717) is 40.2 Å². The summed E-state index contributed by atoms with van der Waals surface area (Å²) in [7, 11) is 3.15. The summed E-state index contributed by atoms with van der Waals surface area (Å²) in [4.78, 5) is 33.4. The Balaban J connectivity index is 1.63. The van der Waals surface area contributed by atoms with Crippen LogP contribution >= 0.6 is 11.8 Å². The van der Waals surface area contributed by atoms with Gasteiger partial charge in [0, 0.05) is 12.5 Å². The third kappa shape index (κ3) is 5.26. The third-order valence-electron chi connectivity index (χ3n) is 4.65. The second kappa shape index (κ2) is 9.26. The van der Waals surface area contributed by atoms with Crippen molar-refractivity contribution in [3.63, 3.8) is 0 Å². The van der Waals surface area contributed by atoms with Crippen molar-refractivity contribution in [2.45, 2.75) is 44.2 Å². The lowest BCUT2D eigenvalue weighted by atomic mass is 10.1. The van der Waals surface area contributed by atoms with Crippen LogP contribution in [0, 0.1) is 6.92 Å². The zero-order valence-corrected chi connectivity index (χ0v) is 17.9. The molecule has 154 valence electrons. The third-order valence-corrected chi connectivity index (χ3v) is 5.62. The number of Topliss-reactive ketones (excluding diaryl/α,β-unsaturated/α-hetero) is 1. The van der Waals surface area contributed by atoms with E-state index in [4.69, 9.17) is 9.47 Å². The zero-order chi connectivity index (χ0) is 21.0. The minimum Gasteiger partial charge on any atom is -0.493 e. The smallest absolute Gasteiger partial charge is 0.230 e. The lowest BCUT2D eigenvalue weighted by molar-refractivity contribution is -0.118. The Bertz CT molecular complexity index is 928. The Morgan fingerprint density at radius 3 is 2.52 bits per heavy atom. The van der Waals surface area contributed by atoms with Gasteiger partial charge in [-0.05, 0) is 44.4 Å². The average Bonchev–Trinajstić information content (AvgIpc) is 3.55. The molecule has 0 aliphatic heterocycles. The van der Waals surface area contributed by atoms with E-state index in [1.54, 1.807) is 20.3 Å². The second-order valence-corrected chi connectivity index (χ2v) is 7.90. The Labute approximate surface area is 174 Å². The standard InChI is InChI=1S/C21H25N3O4S/c1-12-19(13(2)25)21(24-20(23-12)15-6-7-15)29-11-18(26)22-10-14-5-8-16(27-3)17(9-14)28-4/h5,8-9,15H,6-7,10-11H2,1-4H3,(H,22,26). The second-order valence-electron chi connectivity index (χ2n) is 6.93. The molecule has 8 heteroatoms. The first-order valence-corrected chi connectivity index (χ1v) is 10.4. The number of hydrogen-bond acceptors (Lipinski definition) is 7. The van der Waals surface area contributed by atoms with E-state index in [2.05, 4.69) is 15.3 Å². The molecule has 1 aromatic heterocycles. The summed E-state index contributed by atoms with van der Waals surface area (Å²) < 4.78 is 10.5. The van der Waals surface area contributed by atoms with Gasteiger partial charge in [-0.1, -0.05) is 17.8 Å². The van der Waals surface area contributed by atoms with Gasteiger partial charge in [0.25, 0.3) is 0 Å². The molecule has 0 unspecified atom stereocenters. The summed E-state index contributed by atoms with van der Waals surface area (Å²) in [5, 5.41) is 3.48. The van der Waals surface area contributed by atoms with Gasteiger partial charge >= 0.3 is 0 Å². The number of amides is 1. The SMILES string of the molecule is COc1ccc(CNC(=O)CSc2nc(C3CC3)nc(C)c2C(C)=O)cc1OC.